The molecule has 0 spiro atoms. The summed E-state index contributed by atoms with van der Waals surface area (Å²) in [6, 6.07) is 4.43. The zero-order valence-electron chi connectivity index (χ0n) is 15.8. The fourth-order valence-electron chi connectivity index (χ4n) is 4.20. The van der Waals surface area contributed by atoms with E-state index < -0.39 is 5.41 Å². The third-order valence-electron chi connectivity index (χ3n) is 6.02. The summed E-state index contributed by atoms with van der Waals surface area (Å²) in [6.07, 6.45) is 5.96. The fourth-order valence-corrected chi connectivity index (χ4v) is 4.20. The van der Waals surface area contributed by atoms with Gasteiger partial charge in [-0.15, -0.1) is 0 Å². The van der Waals surface area contributed by atoms with Crippen molar-refractivity contribution in [2.75, 3.05) is 26.2 Å². The minimum atomic E-state index is -0.481. The van der Waals surface area contributed by atoms with Crippen LogP contribution in [-0.4, -0.2) is 41.6 Å². The zero-order valence-corrected chi connectivity index (χ0v) is 15.8. The minimum Gasteiger partial charge on any atom is -0.337 e. The molecule has 1 amide bonds. The highest BCUT2D eigenvalue weighted by Crippen LogP contribution is 2.33. The lowest BCUT2D eigenvalue weighted by Crippen LogP contribution is -2.47. The molecule has 0 aromatic carbocycles. The second-order valence-corrected chi connectivity index (χ2v) is 7.64. The maximum absolute atomic E-state index is 13.2. The quantitative estimate of drug-likeness (QED) is 0.901. The first kappa shape index (κ1) is 18.7. The van der Waals surface area contributed by atoms with Crippen LogP contribution in [0.1, 0.15) is 61.0 Å². The van der Waals surface area contributed by atoms with Crippen LogP contribution < -0.4 is 10.9 Å². The first-order chi connectivity index (χ1) is 12.5. The van der Waals surface area contributed by atoms with Crippen molar-refractivity contribution in [3.05, 3.63) is 33.7 Å². The Kier molecular flexibility index (Phi) is 5.47. The number of likely N-dealkylation sites (tertiary alicyclic amines) is 1. The van der Waals surface area contributed by atoms with Crippen molar-refractivity contribution in [3.63, 3.8) is 0 Å². The normalized spacial score (nSPS) is 24.3. The molecule has 1 aromatic heterocycles. The Labute approximate surface area is 154 Å². The fraction of sp³-hybridized carbons (Fsp3) is 0.650. The Bertz CT molecular complexity index is 773. The number of nitrogens with one attached hydrogen (secondary N) is 1. The average molecular weight is 356 g/mol. The van der Waals surface area contributed by atoms with Crippen LogP contribution in [0, 0.1) is 23.7 Å². The summed E-state index contributed by atoms with van der Waals surface area (Å²) >= 11 is 0. The van der Waals surface area contributed by atoms with Crippen molar-refractivity contribution in [1.82, 2.24) is 14.8 Å². The van der Waals surface area contributed by atoms with Gasteiger partial charge in [0.1, 0.15) is 5.56 Å². The van der Waals surface area contributed by atoms with E-state index >= 15 is 0 Å². The molecule has 3 heterocycles. The molecule has 2 saturated heterocycles. The molecular formula is C20H28N4O2. The van der Waals surface area contributed by atoms with Crippen molar-refractivity contribution < 1.29 is 4.79 Å². The van der Waals surface area contributed by atoms with Crippen molar-refractivity contribution in [2.24, 2.45) is 5.41 Å². The van der Waals surface area contributed by atoms with Gasteiger partial charge in [-0.25, -0.2) is 0 Å². The number of amides is 1. The van der Waals surface area contributed by atoms with E-state index in [0.717, 1.165) is 50.8 Å². The van der Waals surface area contributed by atoms with E-state index in [1.54, 1.807) is 9.47 Å². The number of pyridine rings is 1. The van der Waals surface area contributed by atoms with Crippen molar-refractivity contribution >= 4 is 5.91 Å². The summed E-state index contributed by atoms with van der Waals surface area (Å²) in [5, 5.41) is 12.9. The summed E-state index contributed by atoms with van der Waals surface area (Å²) in [5.41, 5.74) is 0.321. The number of carbonyl (C=O) groups is 1. The molecule has 1 atom stereocenters. The van der Waals surface area contributed by atoms with Crippen LogP contribution in [0.4, 0.5) is 0 Å². The molecule has 140 valence electrons. The maximum atomic E-state index is 13.2. The molecule has 1 N–H and O–H groups in total. The van der Waals surface area contributed by atoms with E-state index in [4.69, 9.17) is 0 Å². The molecule has 2 fully saturated rings. The van der Waals surface area contributed by atoms with E-state index in [1.165, 1.54) is 0 Å². The van der Waals surface area contributed by atoms with Gasteiger partial charge < -0.3 is 14.8 Å². The summed E-state index contributed by atoms with van der Waals surface area (Å²) in [4.78, 5) is 28.0. The number of nitrogens with zero attached hydrogens (tertiary/aromatic N) is 3. The maximum Gasteiger partial charge on any atom is 0.263 e. The summed E-state index contributed by atoms with van der Waals surface area (Å²) in [5.74, 6) is -0.219. The van der Waals surface area contributed by atoms with Crippen LogP contribution in [-0.2, 0) is 0 Å². The highest BCUT2D eigenvalue weighted by Gasteiger charge is 2.37. The van der Waals surface area contributed by atoms with Gasteiger partial charge >= 0.3 is 0 Å². The monoisotopic (exact) mass is 356 g/mol. The molecule has 0 saturated carbocycles. The van der Waals surface area contributed by atoms with E-state index in [2.05, 4.69) is 11.4 Å². The van der Waals surface area contributed by atoms with Crippen LogP contribution in [0.3, 0.4) is 0 Å². The van der Waals surface area contributed by atoms with E-state index in [0.29, 0.717) is 13.1 Å². The molecule has 1 unspecified atom stereocenters. The Hall–Kier alpha value is -2.13. The lowest BCUT2D eigenvalue weighted by atomic mass is 9.79. The number of aromatic nitrogens is 1. The number of hydrogen-bond donors (Lipinski definition) is 1. The van der Waals surface area contributed by atoms with Gasteiger partial charge in [-0.1, -0.05) is 6.92 Å². The topological polar surface area (TPSA) is 78.1 Å². The number of hydrogen-bond acceptors (Lipinski definition) is 4. The predicted molar refractivity (Wildman–Crippen MR) is 100 cm³/mol. The molecule has 6 heteroatoms. The molecule has 6 nitrogen and oxygen atoms in total. The van der Waals surface area contributed by atoms with Crippen molar-refractivity contribution in [3.8, 4) is 6.07 Å². The van der Waals surface area contributed by atoms with E-state index in [-0.39, 0.29) is 23.1 Å². The lowest BCUT2D eigenvalue weighted by molar-refractivity contribution is 0.0601. The van der Waals surface area contributed by atoms with Crippen LogP contribution in [0.15, 0.2) is 17.1 Å². The van der Waals surface area contributed by atoms with E-state index in [9.17, 15) is 14.9 Å². The largest absolute Gasteiger partial charge is 0.337 e. The standard InChI is InChI=1S/C20H28N4O2/c1-3-20(13-21)8-4-11-23(14-20)18(25)17-15(2)7-12-24(19(17)26)16-5-9-22-10-6-16/h7,12,16,22H,3-6,8-11,14H2,1-2H3. The van der Waals surface area contributed by atoms with Gasteiger partial charge in [0.15, 0.2) is 0 Å². The van der Waals surface area contributed by atoms with Crippen LogP contribution in [0.25, 0.3) is 0 Å². The number of piperidine rings is 2. The second kappa shape index (κ2) is 7.63. The van der Waals surface area contributed by atoms with Gasteiger partial charge in [-0.05, 0) is 63.7 Å². The smallest absolute Gasteiger partial charge is 0.263 e. The Morgan fingerprint density at radius 1 is 1.42 bits per heavy atom. The highest BCUT2D eigenvalue weighted by molar-refractivity contribution is 5.95. The average Bonchev–Trinajstić information content (AvgIpc) is 2.68. The minimum absolute atomic E-state index is 0.145. The van der Waals surface area contributed by atoms with Gasteiger partial charge in [0.2, 0.25) is 0 Å². The number of rotatable bonds is 3. The van der Waals surface area contributed by atoms with Crippen molar-refractivity contribution in [1.29, 1.82) is 5.26 Å². The summed E-state index contributed by atoms with van der Waals surface area (Å²) in [6.45, 7) is 6.63. The molecule has 0 aliphatic carbocycles. The summed E-state index contributed by atoms with van der Waals surface area (Å²) < 4.78 is 1.74. The van der Waals surface area contributed by atoms with Crippen LogP contribution >= 0.6 is 0 Å². The van der Waals surface area contributed by atoms with Gasteiger partial charge in [0.25, 0.3) is 11.5 Å². The first-order valence-electron chi connectivity index (χ1n) is 9.64. The molecule has 0 bridgehead atoms. The molecular weight excluding hydrogens is 328 g/mol. The first-order valence-corrected chi connectivity index (χ1v) is 9.64. The Balaban J connectivity index is 1.92. The molecule has 1 aromatic rings. The van der Waals surface area contributed by atoms with Crippen molar-refractivity contribution in [2.45, 2.75) is 52.0 Å². The zero-order chi connectivity index (χ0) is 18.7. The molecule has 3 rings (SSSR count). The van der Waals surface area contributed by atoms with Crippen LogP contribution in [0.2, 0.25) is 0 Å². The van der Waals surface area contributed by atoms with Gasteiger partial charge in [0.05, 0.1) is 11.5 Å². The van der Waals surface area contributed by atoms with Gasteiger partial charge in [-0.2, -0.15) is 5.26 Å². The molecule has 2 aliphatic heterocycles. The predicted octanol–water partition coefficient (Wildman–Crippen LogP) is 2.24. The molecule has 26 heavy (non-hydrogen) atoms. The molecule has 0 radical (unpaired) electrons. The third-order valence-corrected chi connectivity index (χ3v) is 6.02. The highest BCUT2D eigenvalue weighted by atomic mass is 16.2. The van der Waals surface area contributed by atoms with E-state index in [1.807, 2.05) is 26.1 Å². The molecule has 2 aliphatic rings. The second-order valence-electron chi connectivity index (χ2n) is 7.64. The van der Waals surface area contributed by atoms with Gasteiger partial charge in [0, 0.05) is 25.3 Å². The lowest BCUT2D eigenvalue weighted by Gasteiger charge is -2.38. The number of aryl methyl sites for hydroxylation is 1. The third kappa shape index (κ3) is 3.41. The SMILES string of the molecule is CCC1(C#N)CCCN(C(=O)c2c(C)ccn(C3CCNCC3)c2=O)C1. The van der Waals surface area contributed by atoms with Crippen LogP contribution in [0.5, 0.6) is 0 Å². The number of nitriles is 1. The Morgan fingerprint density at radius 2 is 2.15 bits per heavy atom. The Morgan fingerprint density at radius 3 is 2.81 bits per heavy atom. The number of carbonyl (C=O) groups excluding carboxylic acids is 1. The summed E-state index contributed by atoms with van der Waals surface area (Å²) in [7, 11) is 0. The van der Waals surface area contributed by atoms with Gasteiger partial charge in [-0.3, -0.25) is 9.59 Å².